The lowest BCUT2D eigenvalue weighted by atomic mass is 10.1. The van der Waals surface area contributed by atoms with E-state index in [0.29, 0.717) is 5.56 Å². The number of hydrogen-bond acceptors (Lipinski definition) is 4. The zero-order valence-electron chi connectivity index (χ0n) is 19.5. The van der Waals surface area contributed by atoms with E-state index in [1.165, 1.54) is 43.1 Å². The number of rotatable bonds is 9. The number of carbonyl (C=O) groups excluding carboxylic acids is 2. The molecule has 3 aromatic carbocycles. The van der Waals surface area contributed by atoms with E-state index < -0.39 is 40.2 Å². The van der Waals surface area contributed by atoms with Gasteiger partial charge in [-0.25, -0.2) is 12.8 Å². The average Bonchev–Trinajstić information content (AvgIpc) is 2.87. The fourth-order valence-corrected chi connectivity index (χ4v) is 5.45. The van der Waals surface area contributed by atoms with Gasteiger partial charge in [-0.2, -0.15) is 0 Å². The summed E-state index contributed by atoms with van der Waals surface area (Å²) in [5, 5.41) is 3.07. The molecular weight excluding hydrogens is 528 g/mol. The second kappa shape index (κ2) is 11.7. The molecule has 2 amide bonds. The lowest BCUT2D eigenvalue weighted by Gasteiger charge is -2.32. The zero-order valence-corrected chi connectivity index (χ0v) is 21.8. The highest BCUT2D eigenvalue weighted by Gasteiger charge is 2.32. The number of hydrogen-bond donors (Lipinski definition) is 1. The smallest absolute Gasteiger partial charge is 0.264 e. The van der Waals surface area contributed by atoms with Gasteiger partial charge >= 0.3 is 0 Å². The Hall–Kier alpha value is -3.14. The largest absolute Gasteiger partial charge is 0.357 e. The van der Waals surface area contributed by atoms with E-state index in [9.17, 15) is 22.4 Å². The average molecular weight is 552 g/mol. The zero-order chi connectivity index (χ0) is 26.5. The van der Waals surface area contributed by atoms with Gasteiger partial charge in [0.2, 0.25) is 11.8 Å². The summed E-state index contributed by atoms with van der Waals surface area (Å²) >= 11 is 12.6. The minimum Gasteiger partial charge on any atom is -0.357 e. The number of benzene rings is 3. The van der Waals surface area contributed by atoms with Crippen LogP contribution in [-0.4, -0.2) is 44.8 Å². The van der Waals surface area contributed by atoms with E-state index in [-0.39, 0.29) is 27.2 Å². The second-order valence-corrected chi connectivity index (χ2v) is 10.5. The molecule has 0 saturated heterocycles. The first kappa shape index (κ1) is 27.4. The summed E-state index contributed by atoms with van der Waals surface area (Å²) < 4.78 is 41.6. The number of anilines is 1. The third-order valence-electron chi connectivity index (χ3n) is 5.53. The van der Waals surface area contributed by atoms with E-state index >= 15 is 0 Å². The number of carbonyl (C=O) groups is 2. The van der Waals surface area contributed by atoms with Crippen molar-refractivity contribution < 1.29 is 22.4 Å². The summed E-state index contributed by atoms with van der Waals surface area (Å²) in [4.78, 5) is 27.3. The second-order valence-electron chi connectivity index (χ2n) is 7.81. The Labute approximate surface area is 219 Å². The molecule has 0 saturated carbocycles. The van der Waals surface area contributed by atoms with Gasteiger partial charge in [0.25, 0.3) is 10.0 Å². The van der Waals surface area contributed by atoms with Gasteiger partial charge in [0.1, 0.15) is 18.4 Å². The van der Waals surface area contributed by atoms with Crippen molar-refractivity contribution in [2.45, 2.75) is 24.4 Å². The normalized spacial score (nSPS) is 12.0. The maximum atomic E-state index is 13.6. The molecule has 3 aromatic rings. The number of nitrogens with zero attached hydrogens (tertiary/aromatic N) is 2. The topological polar surface area (TPSA) is 86.8 Å². The number of halogens is 3. The van der Waals surface area contributed by atoms with Crippen LogP contribution in [0.1, 0.15) is 12.5 Å². The molecule has 190 valence electrons. The Morgan fingerprint density at radius 3 is 2.08 bits per heavy atom. The molecule has 0 bridgehead atoms. The predicted octanol–water partition coefficient (Wildman–Crippen LogP) is 4.49. The summed E-state index contributed by atoms with van der Waals surface area (Å²) in [5.41, 5.74) is 0.487. The molecule has 7 nitrogen and oxygen atoms in total. The standard InChI is InChI=1S/C25H24Cl2FN3O4S/c1-17(25(33)29-2)30(15-21-22(26)9-6-10-23(21)27)24(32)16-31(19-13-11-18(28)12-14-19)36(34,35)20-7-4-3-5-8-20/h3-14,17H,15-16H2,1-2H3,(H,29,33)/t17-/m1/s1. The van der Waals surface area contributed by atoms with Crippen molar-refractivity contribution in [1.29, 1.82) is 0 Å². The van der Waals surface area contributed by atoms with Crippen LogP contribution in [-0.2, 0) is 26.2 Å². The fourth-order valence-electron chi connectivity index (χ4n) is 3.50. The molecule has 11 heteroatoms. The summed E-state index contributed by atoms with van der Waals surface area (Å²) in [6.07, 6.45) is 0. The Morgan fingerprint density at radius 1 is 0.944 bits per heavy atom. The molecule has 0 heterocycles. The Morgan fingerprint density at radius 2 is 1.53 bits per heavy atom. The van der Waals surface area contributed by atoms with Gasteiger partial charge in [-0.3, -0.25) is 13.9 Å². The molecule has 0 unspecified atom stereocenters. The number of likely N-dealkylation sites (N-methyl/N-ethyl adjacent to an activating group) is 1. The van der Waals surface area contributed by atoms with E-state index in [0.717, 1.165) is 16.4 Å². The van der Waals surface area contributed by atoms with Crippen molar-refractivity contribution in [3.63, 3.8) is 0 Å². The predicted molar refractivity (Wildman–Crippen MR) is 138 cm³/mol. The SMILES string of the molecule is CNC(=O)[C@@H](C)N(Cc1c(Cl)cccc1Cl)C(=O)CN(c1ccc(F)cc1)S(=O)(=O)c1ccccc1. The monoisotopic (exact) mass is 551 g/mol. The Balaban J connectivity index is 2.05. The van der Waals surface area contributed by atoms with Crippen LogP contribution in [0.5, 0.6) is 0 Å². The molecule has 3 rings (SSSR count). The van der Waals surface area contributed by atoms with Gasteiger partial charge in [-0.1, -0.05) is 47.5 Å². The molecule has 0 aliphatic rings. The first-order valence-corrected chi connectivity index (χ1v) is 13.0. The molecular formula is C25H24Cl2FN3O4S. The van der Waals surface area contributed by atoms with Crippen molar-refractivity contribution >= 4 is 50.7 Å². The third kappa shape index (κ3) is 6.16. The van der Waals surface area contributed by atoms with E-state index in [1.807, 2.05) is 0 Å². The molecule has 1 N–H and O–H groups in total. The van der Waals surface area contributed by atoms with Crippen LogP contribution in [0.25, 0.3) is 0 Å². The van der Waals surface area contributed by atoms with E-state index in [2.05, 4.69) is 5.32 Å². The first-order valence-electron chi connectivity index (χ1n) is 10.8. The van der Waals surface area contributed by atoms with Crippen molar-refractivity contribution in [2.75, 3.05) is 17.9 Å². The van der Waals surface area contributed by atoms with Crippen LogP contribution in [0.2, 0.25) is 10.0 Å². The van der Waals surface area contributed by atoms with Gasteiger partial charge in [-0.15, -0.1) is 0 Å². The van der Waals surface area contributed by atoms with Crippen molar-refractivity contribution in [3.8, 4) is 0 Å². The summed E-state index contributed by atoms with van der Waals surface area (Å²) in [7, 11) is -2.80. The number of nitrogens with one attached hydrogen (secondary N) is 1. The van der Waals surface area contributed by atoms with Crippen LogP contribution in [0.4, 0.5) is 10.1 Å². The van der Waals surface area contributed by atoms with Crippen LogP contribution in [0.3, 0.4) is 0 Å². The van der Waals surface area contributed by atoms with E-state index in [1.54, 1.807) is 36.4 Å². The quantitative estimate of drug-likeness (QED) is 0.424. The Kier molecular flexibility index (Phi) is 8.94. The molecule has 0 aromatic heterocycles. The lowest BCUT2D eigenvalue weighted by molar-refractivity contribution is -0.139. The highest BCUT2D eigenvalue weighted by atomic mass is 35.5. The fraction of sp³-hybridized carbons (Fsp3) is 0.200. The van der Waals surface area contributed by atoms with Crippen LogP contribution in [0, 0.1) is 5.82 Å². The Bertz CT molecular complexity index is 1320. The van der Waals surface area contributed by atoms with Gasteiger partial charge in [0.05, 0.1) is 10.6 Å². The molecule has 0 fully saturated rings. The molecule has 0 aliphatic carbocycles. The lowest BCUT2D eigenvalue weighted by Crippen LogP contribution is -2.50. The van der Waals surface area contributed by atoms with Gasteiger partial charge in [0.15, 0.2) is 0 Å². The van der Waals surface area contributed by atoms with Crippen molar-refractivity contribution in [2.24, 2.45) is 0 Å². The van der Waals surface area contributed by atoms with Crippen molar-refractivity contribution in [1.82, 2.24) is 10.2 Å². The minimum absolute atomic E-state index is 0.0535. The number of amides is 2. The molecule has 1 atom stereocenters. The maximum Gasteiger partial charge on any atom is 0.264 e. The third-order valence-corrected chi connectivity index (χ3v) is 8.02. The van der Waals surface area contributed by atoms with Crippen molar-refractivity contribution in [3.05, 3.63) is 94.2 Å². The van der Waals surface area contributed by atoms with Crippen LogP contribution >= 0.6 is 23.2 Å². The first-order chi connectivity index (χ1) is 17.1. The number of sulfonamides is 1. The van der Waals surface area contributed by atoms with Gasteiger partial charge in [-0.05, 0) is 55.5 Å². The summed E-state index contributed by atoms with van der Waals surface area (Å²) in [6.45, 7) is 0.705. The highest BCUT2D eigenvalue weighted by molar-refractivity contribution is 7.92. The van der Waals surface area contributed by atoms with Gasteiger partial charge < -0.3 is 10.2 Å². The molecule has 0 spiro atoms. The van der Waals surface area contributed by atoms with Crippen LogP contribution in [0.15, 0.2) is 77.7 Å². The summed E-state index contributed by atoms with van der Waals surface area (Å²) in [5.74, 6) is -1.72. The van der Waals surface area contributed by atoms with Gasteiger partial charge in [0, 0.05) is 29.2 Å². The van der Waals surface area contributed by atoms with E-state index in [4.69, 9.17) is 23.2 Å². The molecule has 0 radical (unpaired) electrons. The summed E-state index contributed by atoms with van der Waals surface area (Å²) in [6, 6.07) is 16.1. The minimum atomic E-state index is -4.23. The van der Waals surface area contributed by atoms with Crippen LogP contribution < -0.4 is 9.62 Å². The molecule has 36 heavy (non-hydrogen) atoms. The highest BCUT2D eigenvalue weighted by Crippen LogP contribution is 2.28. The molecule has 0 aliphatic heterocycles. The maximum absolute atomic E-state index is 13.6.